The monoisotopic (exact) mass is 247 g/mol. The minimum atomic E-state index is -0.986. The summed E-state index contributed by atoms with van der Waals surface area (Å²) in [5.74, 6) is -0.350. The maximum Gasteiger partial charge on any atom is 0.320 e. The Morgan fingerprint density at radius 1 is 1.44 bits per heavy atom. The molecule has 16 heavy (non-hydrogen) atoms. The quantitative estimate of drug-likeness (QED) is 0.531. The van der Waals surface area contributed by atoms with Crippen molar-refractivity contribution in [3.8, 4) is 0 Å². The zero-order chi connectivity index (χ0) is 13.1. The fourth-order valence-corrected chi connectivity index (χ4v) is 1.48. The number of hydrogen-bond donors (Lipinski definition) is 2. The van der Waals surface area contributed by atoms with Crippen molar-refractivity contribution < 1.29 is 14.7 Å². The van der Waals surface area contributed by atoms with Gasteiger partial charge in [-0.1, -0.05) is 20.4 Å². The number of carboxylic acid groups (broad SMARTS) is 1. The van der Waals surface area contributed by atoms with E-state index in [9.17, 15) is 9.59 Å². The van der Waals surface area contributed by atoms with E-state index in [1.54, 1.807) is 0 Å². The van der Waals surface area contributed by atoms with Gasteiger partial charge in [0.1, 0.15) is 6.04 Å². The molecule has 4 nitrogen and oxygen atoms in total. The molecule has 0 bridgehead atoms. The van der Waals surface area contributed by atoms with Crippen LogP contribution in [0.4, 0.5) is 0 Å². The number of hydrogen-bond acceptors (Lipinski definition) is 4. The van der Waals surface area contributed by atoms with Crippen LogP contribution < -0.4 is 5.73 Å². The Bertz CT molecular complexity index is 241. The van der Waals surface area contributed by atoms with E-state index in [1.807, 2.05) is 13.8 Å². The number of nitrogens with two attached hydrogens (primary N) is 1. The van der Waals surface area contributed by atoms with Crippen LogP contribution in [0.15, 0.2) is 11.5 Å². The lowest BCUT2D eigenvalue weighted by atomic mass is 10.2. The first kappa shape index (κ1) is 17.6. The maximum atomic E-state index is 10.7. The molecule has 0 saturated heterocycles. The van der Waals surface area contributed by atoms with Gasteiger partial charge in [-0.25, -0.2) is 0 Å². The topological polar surface area (TPSA) is 80.4 Å². The van der Waals surface area contributed by atoms with Crippen molar-refractivity contribution in [2.45, 2.75) is 39.7 Å². The molecule has 0 heterocycles. The number of ketones is 1. The van der Waals surface area contributed by atoms with Crippen molar-refractivity contribution in [2.75, 3.05) is 5.75 Å². The van der Waals surface area contributed by atoms with E-state index in [-0.39, 0.29) is 5.78 Å². The normalized spacial score (nSPS) is 11.0. The second-order valence-electron chi connectivity index (χ2n) is 2.91. The predicted molar refractivity (Wildman–Crippen MR) is 68.5 cm³/mol. The number of carbonyl (C=O) groups excluding carboxylic acids is 1. The standard InChI is InChI=1S/C9H15NO3S.C2H6/c1-6(11)7(2)14-5-3-4-8(10)9(12)13;1-2/h8H,2-5,10H2,1H3,(H,12,13);1-2H3. The van der Waals surface area contributed by atoms with Gasteiger partial charge in [-0.15, -0.1) is 11.8 Å². The van der Waals surface area contributed by atoms with Crippen molar-refractivity contribution >= 4 is 23.5 Å². The summed E-state index contributed by atoms with van der Waals surface area (Å²) in [5.41, 5.74) is 5.29. The molecule has 0 spiro atoms. The third-order valence-corrected chi connectivity index (χ3v) is 2.77. The molecular formula is C11H21NO3S. The van der Waals surface area contributed by atoms with Gasteiger partial charge in [0, 0.05) is 4.91 Å². The van der Waals surface area contributed by atoms with Gasteiger partial charge in [0.25, 0.3) is 0 Å². The maximum absolute atomic E-state index is 10.7. The molecule has 0 fully saturated rings. The first-order chi connectivity index (χ1) is 7.45. The first-order valence-corrected chi connectivity index (χ1v) is 6.24. The average Bonchev–Trinajstić information content (AvgIpc) is 2.26. The van der Waals surface area contributed by atoms with Crippen molar-refractivity contribution in [1.82, 2.24) is 0 Å². The van der Waals surface area contributed by atoms with E-state index in [4.69, 9.17) is 10.8 Å². The molecule has 3 N–H and O–H groups in total. The summed E-state index contributed by atoms with van der Waals surface area (Å²) < 4.78 is 0. The zero-order valence-corrected chi connectivity index (χ0v) is 11.0. The lowest BCUT2D eigenvalue weighted by Crippen LogP contribution is -2.29. The van der Waals surface area contributed by atoms with Crippen LogP contribution >= 0.6 is 11.8 Å². The van der Waals surface area contributed by atoms with Crippen LogP contribution in [0, 0.1) is 0 Å². The second kappa shape index (κ2) is 10.7. The van der Waals surface area contributed by atoms with Crippen LogP contribution in [-0.2, 0) is 9.59 Å². The van der Waals surface area contributed by atoms with Gasteiger partial charge in [0.15, 0.2) is 5.78 Å². The Morgan fingerprint density at radius 3 is 2.31 bits per heavy atom. The van der Waals surface area contributed by atoms with Crippen LogP contribution in [0.1, 0.15) is 33.6 Å². The van der Waals surface area contributed by atoms with Crippen molar-refractivity contribution in [2.24, 2.45) is 5.73 Å². The van der Waals surface area contributed by atoms with Crippen molar-refractivity contribution in [3.63, 3.8) is 0 Å². The molecule has 0 aliphatic rings. The molecule has 1 unspecified atom stereocenters. The molecular weight excluding hydrogens is 226 g/mol. The number of aliphatic carboxylic acids is 1. The molecule has 0 aromatic carbocycles. The van der Waals surface area contributed by atoms with E-state index >= 15 is 0 Å². The summed E-state index contributed by atoms with van der Waals surface area (Å²) in [5, 5.41) is 8.48. The second-order valence-corrected chi connectivity index (χ2v) is 4.10. The highest BCUT2D eigenvalue weighted by Crippen LogP contribution is 2.16. The fourth-order valence-electron chi connectivity index (χ4n) is 0.724. The van der Waals surface area contributed by atoms with Gasteiger partial charge in [-0.05, 0) is 25.5 Å². The minimum Gasteiger partial charge on any atom is -0.480 e. The van der Waals surface area contributed by atoms with E-state index in [1.165, 1.54) is 18.7 Å². The third-order valence-electron chi connectivity index (χ3n) is 1.65. The molecule has 0 aliphatic heterocycles. The largest absolute Gasteiger partial charge is 0.480 e. The summed E-state index contributed by atoms with van der Waals surface area (Å²) in [4.78, 5) is 21.6. The van der Waals surface area contributed by atoms with E-state index in [2.05, 4.69) is 6.58 Å². The van der Waals surface area contributed by atoms with E-state index < -0.39 is 12.0 Å². The van der Waals surface area contributed by atoms with E-state index in [0.717, 1.165) is 0 Å². The minimum absolute atomic E-state index is 0.0440. The molecule has 0 aliphatic carbocycles. The molecule has 0 aromatic rings. The summed E-state index contributed by atoms with van der Waals surface area (Å²) in [6.07, 6.45) is 1.10. The van der Waals surface area contributed by atoms with Gasteiger partial charge in [-0.2, -0.15) is 0 Å². The molecule has 0 aromatic heterocycles. The van der Waals surface area contributed by atoms with Gasteiger partial charge >= 0.3 is 5.97 Å². The number of Topliss-reactive ketones (excluding diaryl/α,β-unsaturated/α-hetero) is 1. The summed E-state index contributed by atoms with van der Waals surface area (Å²) in [6.45, 7) is 9.03. The van der Waals surface area contributed by atoms with Crippen LogP contribution in [-0.4, -0.2) is 28.7 Å². The number of rotatable bonds is 7. The predicted octanol–water partition coefficient (Wildman–Crippen LogP) is 2.04. The molecule has 5 heteroatoms. The Hall–Kier alpha value is -0.810. The number of thioether (sulfide) groups is 1. The summed E-state index contributed by atoms with van der Waals surface area (Å²) in [6, 6.07) is -0.804. The SMILES string of the molecule is C=C(SCCCC(N)C(=O)O)C(C)=O.CC. The van der Waals surface area contributed by atoms with E-state index in [0.29, 0.717) is 23.5 Å². The Labute approximate surface area is 101 Å². The van der Waals surface area contributed by atoms with Gasteiger partial charge < -0.3 is 10.8 Å². The highest BCUT2D eigenvalue weighted by molar-refractivity contribution is 8.03. The Morgan fingerprint density at radius 2 is 1.94 bits per heavy atom. The molecule has 1 atom stereocenters. The lowest BCUT2D eigenvalue weighted by Gasteiger charge is -2.05. The molecule has 0 rings (SSSR count). The van der Waals surface area contributed by atoms with Crippen LogP contribution in [0.5, 0.6) is 0 Å². The average molecular weight is 247 g/mol. The number of allylic oxidation sites excluding steroid dienone is 1. The van der Waals surface area contributed by atoms with Gasteiger partial charge in [0.05, 0.1) is 0 Å². The third kappa shape index (κ3) is 9.73. The van der Waals surface area contributed by atoms with Crippen molar-refractivity contribution in [1.29, 1.82) is 0 Å². The molecule has 0 radical (unpaired) electrons. The molecule has 0 amide bonds. The summed E-state index contributed by atoms with van der Waals surface area (Å²) >= 11 is 1.35. The highest BCUT2D eigenvalue weighted by atomic mass is 32.2. The number of carboxylic acids is 1. The van der Waals surface area contributed by atoms with Crippen LogP contribution in [0.25, 0.3) is 0 Å². The van der Waals surface area contributed by atoms with Crippen molar-refractivity contribution in [3.05, 3.63) is 11.5 Å². The highest BCUT2D eigenvalue weighted by Gasteiger charge is 2.10. The smallest absolute Gasteiger partial charge is 0.320 e. The van der Waals surface area contributed by atoms with Gasteiger partial charge in [0.2, 0.25) is 0 Å². The van der Waals surface area contributed by atoms with Gasteiger partial charge in [-0.3, -0.25) is 9.59 Å². The zero-order valence-electron chi connectivity index (χ0n) is 10.2. The van der Waals surface area contributed by atoms with Crippen LogP contribution in [0.3, 0.4) is 0 Å². The molecule has 94 valence electrons. The summed E-state index contributed by atoms with van der Waals surface area (Å²) in [7, 11) is 0. The van der Waals surface area contributed by atoms with Crippen LogP contribution in [0.2, 0.25) is 0 Å². The molecule has 0 saturated carbocycles. The lowest BCUT2D eigenvalue weighted by molar-refractivity contribution is -0.138. The number of carbonyl (C=O) groups is 2. The Kier molecular flexibility index (Phi) is 11.8. The Balaban J connectivity index is 0. The first-order valence-electron chi connectivity index (χ1n) is 5.26. The fraction of sp³-hybridized carbons (Fsp3) is 0.636.